The van der Waals surface area contributed by atoms with E-state index in [0.717, 1.165) is 35.7 Å². The molecule has 1 amide bonds. The molecule has 0 radical (unpaired) electrons. The molecule has 9 nitrogen and oxygen atoms in total. The Morgan fingerprint density at radius 1 is 1.07 bits per heavy atom. The minimum atomic E-state index is -0.137. The van der Waals surface area contributed by atoms with Crippen LogP contribution in [0.1, 0.15) is 40.5 Å². The van der Waals surface area contributed by atoms with E-state index in [2.05, 4.69) is 29.9 Å². The minimum absolute atomic E-state index is 0.137. The maximum atomic E-state index is 12.9. The molecule has 1 saturated heterocycles. The lowest BCUT2D eigenvalue weighted by Crippen LogP contribution is -2.46. The molecule has 0 bridgehead atoms. The van der Waals surface area contributed by atoms with E-state index in [-0.39, 0.29) is 11.7 Å². The van der Waals surface area contributed by atoms with Crippen molar-refractivity contribution in [2.24, 2.45) is 0 Å². The number of likely N-dealkylation sites (tertiary alicyclic amines) is 1. The fourth-order valence-electron chi connectivity index (χ4n) is 3.67. The number of rotatable bonds is 3. The third kappa shape index (κ3) is 3.39. The molecule has 3 aromatic heterocycles. The van der Waals surface area contributed by atoms with Crippen LogP contribution in [0.15, 0.2) is 18.5 Å². The van der Waals surface area contributed by atoms with Crippen LogP contribution in [0.2, 0.25) is 0 Å². The summed E-state index contributed by atoms with van der Waals surface area (Å²) < 4.78 is 1.62. The second kappa shape index (κ2) is 7.14. The van der Waals surface area contributed by atoms with Crippen molar-refractivity contribution >= 4 is 17.5 Å². The van der Waals surface area contributed by atoms with Crippen molar-refractivity contribution in [3.8, 4) is 0 Å². The third-order valence-corrected chi connectivity index (χ3v) is 5.26. The van der Waals surface area contributed by atoms with Gasteiger partial charge in [-0.3, -0.25) is 4.79 Å². The lowest BCUT2D eigenvalue weighted by atomic mass is 10.0. The van der Waals surface area contributed by atoms with Crippen LogP contribution in [0, 0.1) is 20.8 Å². The number of anilines is 1. The zero-order chi connectivity index (χ0) is 19.8. The van der Waals surface area contributed by atoms with Crippen LogP contribution in [-0.2, 0) is 0 Å². The van der Waals surface area contributed by atoms with E-state index in [0.29, 0.717) is 24.9 Å². The van der Waals surface area contributed by atoms with E-state index in [1.165, 1.54) is 0 Å². The van der Waals surface area contributed by atoms with Gasteiger partial charge in [0.25, 0.3) is 11.7 Å². The van der Waals surface area contributed by atoms with Crippen LogP contribution in [0.4, 0.5) is 5.82 Å². The number of carbonyl (C=O) groups excluding carboxylic acids is 1. The number of amides is 1. The third-order valence-electron chi connectivity index (χ3n) is 5.26. The Morgan fingerprint density at radius 3 is 2.54 bits per heavy atom. The van der Waals surface area contributed by atoms with Crippen molar-refractivity contribution in [3.63, 3.8) is 0 Å². The van der Waals surface area contributed by atoms with Gasteiger partial charge >= 0.3 is 0 Å². The minimum Gasteiger partial charge on any atom is -0.356 e. The number of nitrogens with zero attached hydrogens (tertiary/aromatic N) is 8. The molecule has 0 N–H and O–H groups in total. The summed E-state index contributed by atoms with van der Waals surface area (Å²) >= 11 is 0. The molecule has 3 aromatic rings. The SMILES string of the molecule is Cc1cc(N(C)C2CCN(C(=O)c3nc4nc(C)cc(C)n4n3)CC2)ncn1. The highest BCUT2D eigenvalue weighted by molar-refractivity contribution is 5.91. The first-order chi connectivity index (χ1) is 13.4. The van der Waals surface area contributed by atoms with Crippen molar-refractivity contribution in [2.45, 2.75) is 39.7 Å². The molecule has 28 heavy (non-hydrogen) atoms. The summed E-state index contributed by atoms with van der Waals surface area (Å²) in [7, 11) is 2.05. The molecule has 0 saturated carbocycles. The summed E-state index contributed by atoms with van der Waals surface area (Å²) in [5, 5.41) is 4.36. The Labute approximate surface area is 163 Å². The molecule has 0 spiro atoms. The van der Waals surface area contributed by atoms with Crippen LogP contribution in [-0.4, -0.2) is 66.5 Å². The Hall–Kier alpha value is -3.10. The molecule has 1 fully saturated rings. The first-order valence-electron chi connectivity index (χ1n) is 9.44. The summed E-state index contributed by atoms with van der Waals surface area (Å²) in [4.78, 5) is 34.1. The van der Waals surface area contributed by atoms with E-state index in [1.54, 1.807) is 10.8 Å². The Bertz CT molecular complexity index is 1020. The highest BCUT2D eigenvalue weighted by atomic mass is 16.2. The maximum Gasteiger partial charge on any atom is 0.293 e. The summed E-state index contributed by atoms with van der Waals surface area (Å²) in [6.07, 6.45) is 3.33. The first kappa shape index (κ1) is 18.3. The highest BCUT2D eigenvalue weighted by Gasteiger charge is 2.28. The second-order valence-corrected chi connectivity index (χ2v) is 7.34. The van der Waals surface area contributed by atoms with Crippen LogP contribution in [0.5, 0.6) is 0 Å². The van der Waals surface area contributed by atoms with Gasteiger partial charge in [-0.1, -0.05) is 0 Å². The van der Waals surface area contributed by atoms with Gasteiger partial charge in [-0.15, -0.1) is 5.10 Å². The van der Waals surface area contributed by atoms with Gasteiger partial charge in [0.15, 0.2) is 0 Å². The van der Waals surface area contributed by atoms with Crippen LogP contribution >= 0.6 is 0 Å². The van der Waals surface area contributed by atoms with E-state index in [9.17, 15) is 4.79 Å². The fraction of sp³-hybridized carbons (Fsp3) is 0.474. The monoisotopic (exact) mass is 380 g/mol. The Balaban J connectivity index is 1.45. The average Bonchev–Trinajstić information content (AvgIpc) is 3.11. The predicted molar refractivity (Wildman–Crippen MR) is 104 cm³/mol. The van der Waals surface area contributed by atoms with Gasteiger partial charge in [0, 0.05) is 49.3 Å². The van der Waals surface area contributed by atoms with E-state index in [1.807, 2.05) is 44.9 Å². The van der Waals surface area contributed by atoms with Gasteiger partial charge in [-0.2, -0.15) is 4.98 Å². The number of fused-ring (bicyclic) bond motifs is 1. The molecule has 1 aliphatic heterocycles. The zero-order valence-corrected chi connectivity index (χ0v) is 16.6. The van der Waals surface area contributed by atoms with Gasteiger partial charge in [0.1, 0.15) is 12.1 Å². The molecule has 9 heteroatoms. The van der Waals surface area contributed by atoms with Crippen LogP contribution < -0.4 is 4.90 Å². The lowest BCUT2D eigenvalue weighted by Gasteiger charge is -2.36. The molecule has 1 aliphatic rings. The largest absolute Gasteiger partial charge is 0.356 e. The number of carbonyl (C=O) groups is 1. The van der Waals surface area contributed by atoms with Crippen molar-refractivity contribution < 1.29 is 4.79 Å². The number of aryl methyl sites for hydroxylation is 3. The van der Waals surface area contributed by atoms with Crippen molar-refractivity contribution in [2.75, 3.05) is 25.0 Å². The van der Waals surface area contributed by atoms with Gasteiger partial charge < -0.3 is 9.80 Å². The van der Waals surface area contributed by atoms with Crippen LogP contribution in [0.25, 0.3) is 5.78 Å². The summed E-state index contributed by atoms with van der Waals surface area (Å²) in [5.74, 6) is 1.45. The zero-order valence-electron chi connectivity index (χ0n) is 16.6. The summed E-state index contributed by atoms with van der Waals surface area (Å²) in [6.45, 7) is 7.13. The van der Waals surface area contributed by atoms with E-state index in [4.69, 9.17) is 0 Å². The van der Waals surface area contributed by atoms with Gasteiger partial charge in [-0.25, -0.2) is 19.5 Å². The number of piperidine rings is 1. The number of hydrogen-bond donors (Lipinski definition) is 0. The molecular formula is C19H24N8O. The van der Waals surface area contributed by atoms with E-state index >= 15 is 0 Å². The summed E-state index contributed by atoms with van der Waals surface area (Å²) in [5.41, 5.74) is 2.72. The smallest absolute Gasteiger partial charge is 0.293 e. The Kier molecular flexibility index (Phi) is 4.66. The molecule has 0 atom stereocenters. The molecule has 0 unspecified atom stereocenters. The molecule has 146 valence electrons. The summed E-state index contributed by atoms with van der Waals surface area (Å²) in [6, 6.07) is 4.24. The topological polar surface area (TPSA) is 92.4 Å². The lowest BCUT2D eigenvalue weighted by molar-refractivity contribution is 0.0701. The number of aromatic nitrogens is 6. The van der Waals surface area contributed by atoms with Crippen molar-refractivity contribution in [3.05, 3.63) is 41.4 Å². The Morgan fingerprint density at radius 2 is 1.82 bits per heavy atom. The maximum absolute atomic E-state index is 12.9. The van der Waals surface area contributed by atoms with Gasteiger partial charge in [-0.05, 0) is 39.7 Å². The quantitative estimate of drug-likeness (QED) is 0.681. The molecule has 4 heterocycles. The fourth-order valence-corrected chi connectivity index (χ4v) is 3.67. The second-order valence-electron chi connectivity index (χ2n) is 7.34. The first-order valence-corrected chi connectivity index (χ1v) is 9.44. The van der Waals surface area contributed by atoms with Gasteiger partial charge in [0.2, 0.25) is 5.82 Å². The standard InChI is InChI=1S/C19H24N8O/c1-12-10-16(21-11-20-12)25(4)15-5-7-26(8-6-15)18(28)17-23-19-22-13(2)9-14(3)27(19)24-17/h9-11,15H,5-8H2,1-4H3. The van der Waals surface area contributed by atoms with Crippen molar-refractivity contribution in [1.82, 2.24) is 34.4 Å². The predicted octanol–water partition coefficient (Wildman–Crippen LogP) is 1.58. The van der Waals surface area contributed by atoms with Gasteiger partial charge in [0.05, 0.1) is 0 Å². The number of hydrogen-bond acceptors (Lipinski definition) is 7. The molecule has 4 rings (SSSR count). The molecule has 0 aliphatic carbocycles. The normalized spacial score (nSPS) is 15.2. The molecule has 0 aromatic carbocycles. The van der Waals surface area contributed by atoms with Crippen molar-refractivity contribution in [1.29, 1.82) is 0 Å². The van der Waals surface area contributed by atoms with Crippen LogP contribution in [0.3, 0.4) is 0 Å². The van der Waals surface area contributed by atoms with E-state index < -0.39 is 0 Å². The average molecular weight is 380 g/mol. The highest BCUT2D eigenvalue weighted by Crippen LogP contribution is 2.21. The molecular weight excluding hydrogens is 356 g/mol.